The highest BCUT2D eigenvalue weighted by atomic mass is 16.5. The van der Waals surface area contributed by atoms with E-state index < -0.39 is 5.91 Å². The zero-order valence-electron chi connectivity index (χ0n) is 13.4. The molecule has 2 amide bonds. The number of ether oxygens (including phenoxy) is 1. The van der Waals surface area contributed by atoms with E-state index in [-0.39, 0.29) is 17.6 Å². The molecule has 22 heavy (non-hydrogen) atoms. The third-order valence-electron chi connectivity index (χ3n) is 3.64. The molecule has 5 heteroatoms. The number of carbonyl (C=O) groups is 3. The van der Waals surface area contributed by atoms with Gasteiger partial charge in [0, 0.05) is 24.0 Å². The molecule has 0 atom stereocenters. The number of imide groups is 1. The maximum absolute atomic E-state index is 12.7. The summed E-state index contributed by atoms with van der Waals surface area (Å²) < 4.78 is 5.39. The number of fused-ring (bicyclic) bond motifs is 1. The number of allylic oxidation sites excluding steroid dienone is 1. The van der Waals surface area contributed by atoms with Crippen molar-refractivity contribution in [1.82, 2.24) is 0 Å². The van der Waals surface area contributed by atoms with E-state index in [0.29, 0.717) is 28.1 Å². The van der Waals surface area contributed by atoms with Gasteiger partial charge in [0.15, 0.2) is 5.78 Å². The van der Waals surface area contributed by atoms with Crippen LogP contribution in [0.15, 0.2) is 24.0 Å². The molecule has 0 unspecified atom stereocenters. The fourth-order valence-corrected chi connectivity index (χ4v) is 2.66. The molecule has 0 bridgehead atoms. The van der Waals surface area contributed by atoms with Crippen LogP contribution in [-0.4, -0.2) is 24.7 Å². The predicted octanol–water partition coefficient (Wildman–Crippen LogP) is 2.80. The van der Waals surface area contributed by atoms with Crippen molar-refractivity contribution in [2.75, 3.05) is 12.0 Å². The molecule has 2 rings (SSSR count). The van der Waals surface area contributed by atoms with Crippen molar-refractivity contribution in [2.45, 2.75) is 27.7 Å². The number of anilines is 1. The molecule has 0 saturated heterocycles. The zero-order valence-corrected chi connectivity index (χ0v) is 13.4. The Morgan fingerprint density at radius 3 is 2.27 bits per heavy atom. The fourth-order valence-electron chi connectivity index (χ4n) is 2.66. The van der Waals surface area contributed by atoms with Crippen molar-refractivity contribution in [2.24, 2.45) is 5.92 Å². The van der Waals surface area contributed by atoms with Gasteiger partial charge in [-0.3, -0.25) is 14.4 Å². The first-order chi connectivity index (χ1) is 10.3. The number of carbonyl (C=O) groups excluding carboxylic acids is 3. The van der Waals surface area contributed by atoms with Crippen molar-refractivity contribution < 1.29 is 19.1 Å². The minimum absolute atomic E-state index is 0.0234. The number of amides is 2. The van der Waals surface area contributed by atoms with Crippen LogP contribution in [0.3, 0.4) is 0 Å². The number of methoxy groups -OCH3 is 1. The molecule has 0 fully saturated rings. The number of nitrogens with zero attached hydrogens (tertiary/aromatic N) is 1. The van der Waals surface area contributed by atoms with E-state index in [1.807, 2.05) is 13.8 Å². The van der Waals surface area contributed by atoms with Crippen molar-refractivity contribution in [3.63, 3.8) is 0 Å². The van der Waals surface area contributed by atoms with Crippen LogP contribution in [0, 0.1) is 5.92 Å². The monoisotopic (exact) mass is 301 g/mol. The first kappa shape index (κ1) is 15.9. The van der Waals surface area contributed by atoms with Crippen molar-refractivity contribution in [1.29, 1.82) is 0 Å². The standard InChI is InChI=1S/C17H19NO4/c1-9(2)16(22-5)15-13-8-12(10(3)19)6-7-14(13)18(11(4)20)17(15)21/h6-9H,1-5H3. The quantitative estimate of drug-likeness (QED) is 0.489. The van der Waals surface area contributed by atoms with E-state index in [1.165, 1.54) is 21.0 Å². The second kappa shape index (κ2) is 5.75. The van der Waals surface area contributed by atoms with Gasteiger partial charge < -0.3 is 4.74 Å². The summed E-state index contributed by atoms with van der Waals surface area (Å²) in [7, 11) is 1.50. The third kappa shape index (κ3) is 2.43. The lowest BCUT2D eigenvalue weighted by molar-refractivity contribution is -0.122. The summed E-state index contributed by atoms with van der Waals surface area (Å²) in [6.45, 7) is 6.61. The third-order valence-corrected chi connectivity index (χ3v) is 3.64. The number of Topliss-reactive ketones (excluding diaryl/α,β-unsaturated/α-hetero) is 1. The van der Waals surface area contributed by atoms with Gasteiger partial charge in [0.2, 0.25) is 5.91 Å². The first-order valence-corrected chi connectivity index (χ1v) is 7.08. The number of hydrogen-bond donors (Lipinski definition) is 0. The van der Waals surface area contributed by atoms with Crippen molar-refractivity contribution >= 4 is 28.9 Å². The maximum Gasteiger partial charge on any atom is 0.269 e. The minimum Gasteiger partial charge on any atom is -0.500 e. The second-order valence-electron chi connectivity index (χ2n) is 5.55. The van der Waals surface area contributed by atoms with Crippen LogP contribution in [0.1, 0.15) is 43.6 Å². The normalized spacial score (nSPS) is 15.9. The van der Waals surface area contributed by atoms with E-state index in [0.717, 1.165) is 4.90 Å². The van der Waals surface area contributed by atoms with E-state index >= 15 is 0 Å². The highest BCUT2D eigenvalue weighted by Gasteiger charge is 2.38. The zero-order chi connectivity index (χ0) is 16.6. The Morgan fingerprint density at radius 1 is 1.18 bits per heavy atom. The lowest BCUT2D eigenvalue weighted by Crippen LogP contribution is -2.31. The fraction of sp³-hybridized carbons (Fsp3) is 0.353. The van der Waals surface area contributed by atoms with Gasteiger partial charge >= 0.3 is 0 Å². The molecule has 0 aromatic heterocycles. The molecule has 0 radical (unpaired) electrons. The van der Waals surface area contributed by atoms with Gasteiger partial charge in [-0.25, -0.2) is 4.90 Å². The Bertz CT molecular complexity index is 701. The second-order valence-corrected chi connectivity index (χ2v) is 5.55. The number of ketones is 1. The molecule has 5 nitrogen and oxygen atoms in total. The van der Waals surface area contributed by atoms with Gasteiger partial charge in [0.05, 0.1) is 18.4 Å². The summed E-state index contributed by atoms with van der Waals surface area (Å²) in [6, 6.07) is 4.90. The Morgan fingerprint density at radius 2 is 1.82 bits per heavy atom. The average molecular weight is 301 g/mol. The van der Waals surface area contributed by atoms with Crippen LogP contribution in [0.4, 0.5) is 5.69 Å². The number of benzene rings is 1. The van der Waals surface area contributed by atoms with Crippen LogP contribution in [0.25, 0.3) is 5.57 Å². The van der Waals surface area contributed by atoms with E-state index in [9.17, 15) is 14.4 Å². The van der Waals surface area contributed by atoms with Crippen LogP contribution in [0.5, 0.6) is 0 Å². The first-order valence-electron chi connectivity index (χ1n) is 7.08. The molecule has 1 aromatic rings. The molecule has 1 aromatic carbocycles. The molecule has 116 valence electrons. The van der Waals surface area contributed by atoms with Gasteiger partial charge in [0.1, 0.15) is 5.76 Å². The van der Waals surface area contributed by atoms with E-state index in [2.05, 4.69) is 0 Å². The van der Waals surface area contributed by atoms with Gasteiger partial charge in [0.25, 0.3) is 5.91 Å². The number of rotatable bonds is 3. The van der Waals surface area contributed by atoms with Gasteiger partial charge in [-0.1, -0.05) is 13.8 Å². The Balaban J connectivity index is 2.79. The number of hydrogen-bond acceptors (Lipinski definition) is 4. The lowest BCUT2D eigenvalue weighted by Gasteiger charge is -2.14. The summed E-state index contributed by atoms with van der Waals surface area (Å²) >= 11 is 0. The lowest BCUT2D eigenvalue weighted by atomic mass is 9.98. The molecule has 0 aliphatic carbocycles. The summed E-state index contributed by atoms with van der Waals surface area (Å²) in [4.78, 5) is 37.2. The van der Waals surface area contributed by atoms with Crippen LogP contribution in [0.2, 0.25) is 0 Å². The molecular formula is C17H19NO4. The predicted molar refractivity (Wildman–Crippen MR) is 83.4 cm³/mol. The topological polar surface area (TPSA) is 63.7 Å². The van der Waals surface area contributed by atoms with Gasteiger partial charge in [-0.15, -0.1) is 0 Å². The van der Waals surface area contributed by atoms with Gasteiger partial charge in [-0.2, -0.15) is 0 Å². The summed E-state index contributed by atoms with van der Waals surface area (Å²) in [5, 5.41) is 0. The molecule has 0 saturated carbocycles. The molecule has 1 aliphatic heterocycles. The van der Waals surface area contributed by atoms with Gasteiger partial charge in [-0.05, 0) is 25.1 Å². The maximum atomic E-state index is 12.7. The van der Waals surface area contributed by atoms with E-state index in [4.69, 9.17) is 4.74 Å². The molecule has 0 N–H and O–H groups in total. The Kier molecular flexibility index (Phi) is 4.17. The van der Waals surface area contributed by atoms with Crippen LogP contribution in [-0.2, 0) is 14.3 Å². The highest BCUT2D eigenvalue weighted by molar-refractivity contribution is 6.40. The largest absolute Gasteiger partial charge is 0.500 e. The SMILES string of the molecule is COC(=C1C(=O)N(C(C)=O)c2ccc(C(C)=O)cc21)C(C)C. The van der Waals surface area contributed by atoms with Crippen molar-refractivity contribution in [3.8, 4) is 0 Å². The van der Waals surface area contributed by atoms with E-state index in [1.54, 1.807) is 18.2 Å². The summed E-state index contributed by atoms with van der Waals surface area (Å²) in [6.07, 6.45) is 0. The smallest absolute Gasteiger partial charge is 0.269 e. The molecule has 1 aliphatic rings. The highest BCUT2D eigenvalue weighted by Crippen LogP contribution is 2.40. The Hall–Kier alpha value is -2.43. The summed E-state index contributed by atoms with van der Waals surface area (Å²) in [5.41, 5.74) is 1.91. The van der Waals surface area contributed by atoms with Crippen LogP contribution >= 0.6 is 0 Å². The summed E-state index contributed by atoms with van der Waals surface area (Å²) in [5.74, 6) is -0.385. The Labute approximate surface area is 129 Å². The average Bonchev–Trinajstić information content (AvgIpc) is 2.71. The minimum atomic E-state index is -0.409. The molecule has 1 heterocycles. The van der Waals surface area contributed by atoms with Crippen LogP contribution < -0.4 is 4.90 Å². The molecule has 0 spiro atoms. The molecular weight excluding hydrogens is 282 g/mol. The van der Waals surface area contributed by atoms with Crippen molar-refractivity contribution in [3.05, 3.63) is 35.1 Å².